The van der Waals surface area contributed by atoms with Gasteiger partial charge in [-0.2, -0.15) is 5.10 Å². The number of nitrogens with zero attached hydrogens (tertiary/aromatic N) is 4. The second kappa shape index (κ2) is 6.01. The third kappa shape index (κ3) is 3.15. The van der Waals surface area contributed by atoms with Crippen molar-refractivity contribution in [2.24, 2.45) is 7.05 Å². The fourth-order valence-electron chi connectivity index (χ4n) is 3.18. The Morgan fingerprint density at radius 2 is 1.89 bits per heavy atom. The van der Waals surface area contributed by atoms with Crippen LogP contribution < -0.4 is 5.32 Å². The molecule has 1 aromatic rings. The van der Waals surface area contributed by atoms with Gasteiger partial charge in [0.1, 0.15) is 5.82 Å². The van der Waals surface area contributed by atoms with Gasteiger partial charge in [-0.3, -0.25) is 9.58 Å². The highest BCUT2D eigenvalue weighted by molar-refractivity contribution is 5.00. The van der Waals surface area contributed by atoms with Crippen LogP contribution in [0.3, 0.4) is 0 Å². The highest BCUT2D eigenvalue weighted by atomic mass is 15.4. The van der Waals surface area contributed by atoms with Crippen molar-refractivity contribution in [3.8, 4) is 0 Å². The van der Waals surface area contributed by atoms with Crippen molar-refractivity contribution in [3.63, 3.8) is 0 Å². The van der Waals surface area contributed by atoms with E-state index in [1.807, 2.05) is 11.7 Å². The minimum absolute atomic E-state index is 0.608. The molecule has 1 aliphatic heterocycles. The zero-order chi connectivity index (χ0) is 13.1. The molecule has 0 radical (unpaired) electrons. The van der Waals surface area contributed by atoms with E-state index < -0.39 is 0 Å². The summed E-state index contributed by atoms with van der Waals surface area (Å²) in [7, 11) is 2.04. The molecule has 106 valence electrons. The molecular weight excluding hydrogens is 238 g/mol. The Kier molecular flexibility index (Phi) is 4.13. The average molecular weight is 263 g/mol. The van der Waals surface area contributed by atoms with E-state index in [-0.39, 0.29) is 0 Å². The van der Waals surface area contributed by atoms with Crippen LogP contribution in [0.25, 0.3) is 0 Å². The lowest BCUT2D eigenvalue weighted by Crippen LogP contribution is -2.43. The quantitative estimate of drug-likeness (QED) is 0.892. The maximum atomic E-state index is 4.82. The second-order valence-electron chi connectivity index (χ2n) is 5.87. The fourth-order valence-corrected chi connectivity index (χ4v) is 3.18. The minimum Gasteiger partial charge on any atom is -0.314 e. The molecule has 5 nitrogen and oxygen atoms in total. The van der Waals surface area contributed by atoms with Gasteiger partial charge in [-0.05, 0) is 12.8 Å². The fraction of sp³-hybridized carbons (Fsp3) is 0.857. The smallest absolute Gasteiger partial charge is 0.154 e. The van der Waals surface area contributed by atoms with Crippen LogP contribution in [0.2, 0.25) is 0 Å². The first kappa shape index (κ1) is 13.1. The summed E-state index contributed by atoms with van der Waals surface area (Å²) in [5, 5.41) is 8.05. The molecule has 2 heterocycles. The molecule has 1 saturated carbocycles. The van der Waals surface area contributed by atoms with E-state index in [9.17, 15) is 0 Å². The number of nitrogens with one attached hydrogen (secondary N) is 1. The van der Waals surface area contributed by atoms with Gasteiger partial charge in [-0.1, -0.05) is 19.3 Å². The molecule has 1 N–H and O–H groups in total. The second-order valence-corrected chi connectivity index (χ2v) is 5.87. The molecule has 5 heteroatoms. The number of hydrogen-bond donors (Lipinski definition) is 1. The monoisotopic (exact) mass is 263 g/mol. The molecule has 0 amide bonds. The van der Waals surface area contributed by atoms with Gasteiger partial charge in [0.25, 0.3) is 0 Å². The van der Waals surface area contributed by atoms with Gasteiger partial charge in [-0.25, -0.2) is 4.98 Å². The van der Waals surface area contributed by atoms with Crippen molar-refractivity contribution in [2.75, 3.05) is 26.2 Å². The van der Waals surface area contributed by atoms with Gasteiger partial charge in [0.15, 0.2) is 5.82 Å². The van der Waals surface area contributed by atoms with Gasteiger partial charge in [0.05, 0.1) is 6.54 Å². The number of rotatable bonds is 3. The maximum absolute atomic E-state index is 4.82. The zero-order valence-electron chi connectivity index (χ0n) is 11.9. The Bertz CT molecular complexity index is 402. The third-order valence-electron chi connectivity index (χ3n) is 4.41. The van der Waals surface area contributed by atoms with E-state index >= 15 is 0 Å². The third-order valence-corrected chi connectivity index (χ3v) is 4.41. The lowest BCUT2D eigenvalue weighted by Gasteiger charge is -2.26. The molecule has 1 aliphatic carbocycles. The summed E-state index contributed by atoms with van der Waals surface area (Å²) < 4.78 is 1.99. The van der Waals surface area contributed by atoms with E-state index in [4.69, 9.17) is 4.98 Å². The van der Waals surface area contributed by atoms with Crippen LogP contribution in [0, 0.1) is 0 Å². The van der Waals surface area contributed by atoms with Crippen LogP contribution in [-0.4, -0.2) is 45.8 Å². The highest BCUT2D eigenvalue weighted by Gasteiger charge is 2.21. The molecule has 1 saturated heterocycles. The molecule has 2 aliphatic rings. The summed E-state index contributed by atoms with van der Waals surface area (Å²) in [6.45, 7) is 5.36. The van der Waals surface area contributed by atoms with Crippen molar-refractivity contribution in [2.45, 2.75) is 44.6 Å². The lowest BCUT2D eigenvalue weighted by molar-refractivity contribution is 0.225. The summed E-state index contributed by atoms with van der Waals surface area (Å²) in [5.74, 6) is 2.83. The minimum atomic E-state index is 0.608. The lowest BCUT2D eigenvalue weighted by atomic mass is 9.89. The Balaban J connectivity index is 1.66. The number of piperazine rings is 1. The molecule has 1 aromatic heterocycles. The zero-order valence-corrected chi connectivity index (χ0v) is 11.9. The summed E-state index contributed by atoms with van der Waals surface area (Å²) in [5.41, 5.74) is 0. The number of hydrogen-bond acceptors (Lipinski definition) is 4. The Morgan fingerprint density at radius 3 is 2.63 bits per heavy atom. The molecule has 3 rings (SSSR count). The molecule has 0 bridgehead atoms. The van der Waals surface area contributed by atoms with E-state index in [1.54, 1.807) is 0 Å². The maximum Gasteiger partial charge on any atom is 0.154 e. The van der Waals surface area contributed by atoms with Gasteiger partial charge >= 0.3 is 0 Å². The van der Waals surface area contributed by atoms with Crippen LogP contribution in [-0.2, 0) is 13.6 Å². The molecule has 2 fully saturated rings. The topological polar surface area (TPSA) is 46.0 Å². The number of aryl methyl sites for hydroxylation is 1. The van der Waals surface area contributed by atoms with Crippen molar-refractivity contribution in [1.82, 2.24) is 25.0 Å². The Morgan fingerprint density at radius 1 is 1.16 bits per heavy atom. The Hall–Kier alpha value is -0.940. The average Bonchev–Trinajstić information content (AvgIpc) is 2.82. The van der Waals surface area contributed by atoms with Gasteiger partial charge in [0.2, 0.25) is 0 Å². The summed E-state index contributed by atoms with van der Waals surface area (Å²) in [4.78, 5) is 7.28. The summed E-state index contributed by atoms with van der Waals surface area (Å²) in [6, 6.07) is 0. The summed E-state index contributed by atoms with van der Waals surface area (Å²) >= 11 is 0. The van der Waals surface area contributed by atoms with Crippen molar-refractivity contribution in [3.05, 3.63) is 11.6 Å². The van der Waals surface area contributed by atoms with E-state index in [0.717, 1.165) is 44.4 Å². The van der Waals surface area contributed by atoms with Crippen LogP contribution in [0.1, 0.15) is 49.7 Å². The molecule has 0 unspecified atom stereocenters. The van der Waals surface area contributed by atoms with E-state index in [0.29, 0.717) is 5.92 Å². The van der Waals surface area contributed by atoms with Crippen molar-refractivity contribution < 1.29 is 0 Å². The normalized spacial score (nSPS) is 22.8. The van der Waals surface area contributed by atoms with Gasteiger partial charge in [0, 0.05) is 39.1 Å². The van der Waals surface area contributed by atoms with Crippen molar-refractivity contribution in [1.29, 1.82) is 0 Å². The highest BCUT2D eigenvalue weighted by Crippen LogP contribution is 2.30. The first-order valence-corrected chi connectivity index (χ1v) is 7.66. The predicted octanol–water partition coefficient (Wildman–Crippen LogP) is 1.27. The molecule has 0 atom stereocenters. The van der Waals surface area contributed by atoms with Crippen LogP contribution in [0.15, 0.2) is 0 Å². The standard InChI is InChI=1S/C14H25N5/c1-18-13(11-19-9-7-15-8-10-19)16-14(17-18)12-5-3-2-4-6-12/h12,15H,2-11H2,1H3. The van der Waals surface area contributed by atoms with Gasteiger partial charge in [-0.15, -0.1) is 0 Å². The molecule has 0 aromatic carbocycles. The predicted molar refractivity (Wildman–Crippen MR) is 75.0 cm³/mol. The van der Waals surface area contributed by atoms with Crippen molar-refractivity contribution >= 4 is 0 Å². The van der Waals surface area contributed by atoms with E-state index in [2.05, 4.69) is 15.3 Å². The van der Waals surface area contributed by atoms with Crippen LogP contribution in [0.5, 0.6) is 0 Å². The van der Waals surface area contributed by atoms with E-state index in [1.165, 1.54) is 32.1 Å². The largest absolute Gasteiger partial charge is 0.314 e. The summed E-state index contributed by atoms with van der Waals surface area (Å²) in [6.07, 6.45) is 6.62. The number of aromatic nitrogens is 3. The SMILES string of the molecule is Cn1nc(C2CCCCC2)nc1CN1CCNCC1. The Labute approximate surface area is 115 Å². The molecular formula is C14H25N5. The van der Waals surface area contributed by atoms with Gasteiger partial charge < -0.3 is 5.32 Å². The first-order valence-electron chi connectivity index (χ1n) is 7.66. The molecule has 19 heavy (non-hydrogen) atoms. The molecule has 0 spiro atoms. The van der Waals surface area contributed by atoms with Crippen LogP contribution >= 0.6 is 0 Å². The first-order chi connectivity index (χ1) is 9.33. The van der Waals surface area contributed by atoms with Crippen LogP contribution in [0.4, 0.5) is 0 Å².